The van der Waals surface area contributed by atoms with Crippen molar-refractivity contribution in [2.24, 2.45) is 0 Å². The first kappa shape index (κ1) is 19.7. The van der Waals surface area contributed by atoms with E-state index in [1.165, 1.54) is 12.1 Å². The molecule has 0 aliphatic carbocycles. The van der Waals surface area contributed by atoms with Crippen LogP contribution in [0, 0.1) is 5.82 Å². The fourth-order valence-corrected chi connectivity index (χ4v) is 4.28. The van der Waals surface area contributed by atoms with E-state index in [9.17, 15) is 4.39 Å². The second-order valence-corrected chi connectivity index (χ2v) is 8.01. The topological polar surface area (TPSA) is 41.3 Å². The molecule has 3 heterocycles. The van der Waals surface area contributed by atoms with Crippen molar-refractivity contribution in [3.8, 4) is 11.3 Å². The normalized spacial score (nSPS) is 18.3. The Hall–Kier alpha value is -3.22. The summed E-state index contributed by atoms with van der Waals surface area (Å²) in [5.74, 6) is 1.14. The fraction of sp³-hybridized carbons (Fsp3) is 0.0833. The minimum Gasteiger partial charge on any atom is -0.459 e. The molecule has 4 nitrogen and oxygen atoms in total. The molecular weight excluding hydrogens is 433 g/mol. The Bertz CT molecular complexity index is 1210. The third-order valence-corrected chi connectivity index (χ3v) is 5.82. The number of halogens is 2. The van der Waals surface area contributed by atoms with E-state index in [1.54, 1.807) is 18.3 Å². The van der Waals surface area contributed by atoms with Gasteiger partial charge in [-0.2, -0.15) is 0 Å². The molecule has 1 aliphatic heterocycles. The predicted molar refractivity (Wildman–Crippen MR) is 123 cm³/mol. The van der Waals surface area contributed by atoms with Gasteiger partial charge in [-0.3, -0.25) is 4.98 Å². The van der Waals surface area contributed by atoms with Crippen LogP contribution in [0.15, 0.2) is 89.5 Å². The van der Waals surface area contributed by atoms with Gasteiger partial charge in [-0.1, -0.05) is 17.7 Å². The molecule has 2 aromatic heterocycles. The van der Waals surface area contributed by atoms with Crippen molar-refractivity contribution in [3.05, 3.63) is 107 Å². The Morgan fingerprint density at radius 1 is 0.968 bits per heavy atom. The molecule has 0 bridgehead atoms. The molecule has 0 amide bonds. The molecule has 1 aliphatic rings. The Balaban J connectivity index is 1.59. The van der Waals surface area contributed by atoms with E-state index in [4.69, 9.17) is 28.2 Å². The highest BCUT2D eigenvalue weighted by molar-refractivity contribution is 7.80. The summed E-state index contributed by atoms with van der Waals surface area (Å²) in [6, 6.07) is 22.8. The molecule has 0 spiro atoms. The van der Waals surface area contributed by atoms with Gasteiger partial charge in [0.15, 0.2) is 5.11 Å². The number of rotatable bonds is 4. The van der Waals surface area contributed by atoms with Crippen molar-refractivity contribution in [1.29, 1.82) is 0 Å². The van der Waals surface area contributed by atoms with Gasteiger partial charge < -0.3 is 14.6 Å². The average molecular weight is 450 g/mol. The summed E-state index contributed by atoms with van der Waals surface area (Å²) in [6.45, 7) is 0. The lowest BCUT2D eigenvalue weighted by Gasteiger charge is -2.26. The number of hydrogen-bond donors (Lipinski definition) is 1. The molecular formula is C24H17ClFN3OS. The van der Waals surface area contributed by atoms with E-state index in [0.717, 1.165) is 28.5 Å². The number of thiocarbonyl (C=S) groups is 1. The molecule has 0 radical (unpaired) electrons. The summed E-state index contributed by atoms with van der Waals surface area (Å²) in [5.41, 5.74) is 2.53. The number of anilines is 1. The van der Waals surface area contributed by atoms with E-state index in [1.807, 2.05) is 59.5 Å². The summed E-state index contributed by atoms with van der Waals surface area (Å²) in [4.78, 5) is 6.47. The van der Waals surface area contributed by atoms with E-state index < -0.39 is 0 Å². The molecule has 154 valence electrons. The second kappa shape index (κ2) is 8.13. The lowest BCUT2D eigenvalue weighted by molar-refractivity contribution is 0.439. The zero-order valence-electron chi connectivity index (χ0n) is 16.2. The Labute approximate surface area is 189 Å². The number of aromatic nitrogens is 1. The maximum atomic E-state index is 13.5. The average Bonchev–Trinajstić information content (AvgIpc) is 3.40. The maximum absolute atomic E-state index is 13.5. The van der Waals surface area contributed by atoms with Gasteiger partial charge in [0, 0.05) is 22.5 Å². The molecule has 0 saturated carbocycles. The minimum atomic E-state index is -0.303. The largest absolute Gasteiger partial charge is 0.459 e. The van der Waals surface area contributed by atoms with Crippen LogP contribution >= 0.6 is 23.8 Å². The molecule has 1 saturated heterocycles. The molecule has 7 heteroatoms. The molecule has 0 unspecified atom stereocenters. The van der Waals surface area contributed by atoms with Crippen LogP contribution in [-0.2, 0) is 0 Å². The minimum absolute atomic E-state index is 0.233. The van der Waals surface area contributed by atoms with E-state index in [0.29, 0.717) is 10.1 Å². The molecule has 4 aromatic rings. The molecule has 1 N–H and O–H groups in total. The number of nitrogens with zero attached hydrogens (tertiary/aromatic N) is 2. The monoisotopic (exact) mass is 449 g/mol. The SMILES string of the molecule is Fc1ccc(N2C(=S)N[C@@H](c3ccccn3)[C@@H]2c2ccc(-c3ccc(Cl)cc3)o2)cc1. The number of nitrogens with one attached hydrogen (secondary N) is 1. The standard InChI is InChI=1S/C24H17ClFN3OS/c25-16-6-4-15(5-7-16)20-12-13-21(30-20)23-22(19-3-1-2-14-27-19)28-24(31)29(23)18-10-8-17(26)9-11-18/h1-14,22-23H,(H,28,31)/t22-,23-/m0/s1. The summed E-state index contributed by atoms with van der Waals surface area (Å²) in [6.07, 6.45) is 1.75. The maximum Gasteiger partial charge on any atom is 0.174 e. The number of benzene rings is 2. The van der Waals surface area contributed by atoms with Gasteiger partial charge in [0.05, 0.1) is 11.7 Å². The van der Waals surface area contributed by atoms with Gasteiger partial charge in [0.1, 0.15) is 23.4 Å². The first-order chi connectivity index (χ1) is 15.1. The van der Waals surface area contributed by atoms with Crippen molar-refractivity contribution < 1.29 is 8.81 Å². The lowest BCUT2D eigenvalue weighted by Crippen LogP contribution is -2.29. The Morgan fingerprint density at radius 3 is 2.45 bits per heavy atom. The van der Waals surface area contributed by atoms with Crippen LogP contribution in [-0.4, -0.2) is 10.1 Å². The van der Waals surface area contributed by atoms with E-state index in [-0.39, 0.29) is 17.9 Å². The fourth-order valence-electron chi connectivity index (χ4n) is 3.80. The highest BCUT2D eigenvalue weighted by Gasteiger charge is 2.42. The van der Waals surface area contributed by atoms with Crippen LogP contribution in [0.4, 0.5) is 10.1 Å². The van der Waals surface area contributed by atoms with Gasteiger partial charge in [-0.15, -0.1) is 0 Å². The second-order valence-electron chi connectivity index (χ2n) is 7.18. The van der Waals surface area contributed by atoms with Gasteiger partial charge >= 0.3 is 0 Å². The van der Waals surface area contributed by atoms with Crippen molar-refractivity contribution >= 4 is 34.6 Å². The Morgan fingerprint density at radius 2 is 1.74 bits per heavy atom. The van der Waals surface area contributed by atoms with Gasteiger partial charge in [0.25, 0.3) is 0 Å². The number of pyridine rings is 1. The van der Waals surface area contributed by atoms with E-state index in [2.05, 4.69) is 10.3 Å². The first-order valence-corrected chi connectivity index (χ1v) is 10.5. The number of furan rings is 1. The molecule has 2 aromatic carbocycles. The van der Waals surface area contributed by atoms with Crippen molar-refractivity contribution in [2.45, 2.75) is 12.1 Å². The zero-order valence-corrected chi connectivity index (χ0v) is 17.8. The Kier molecular flexibility index (Phi) is 5.18. The lowest BCUT2D eigenvalue weighted by atomic mass is 10.0. The van der Waals surface area contributed by atoms with Crippen molar-refractivity contribution in [1.82, 2.24) is 10.3 Å². The van der Waals surface area contributed by atoms with Crippen molar-refractivity contribution in [3.63, 3.8) is 0 Å². The van der Waals surface area contributed by atoms with Crippen LogP contribution < -0.4 is 10.2 Å². The summed E-state index contributed by atoms with van der Waals surface area (Å²) in [7, 11) is 0. The van der Waals surface area contributed by atoms with Crippen LogP contribution in [0.1, 0.15) is 23.5 Å². The molecule has 1 fully saturated rings. The highest BCUT2D eigenvalue weighted by Crippen LogP contribution is 2.42. The van der Waals surface area contributed by atoms with Gasteiger partial charge in [0.2, 0.25) is 0 Å². The summed E-state index contributed by atoms with van der Waals surface area (Å²) < 4.78 is 19.8. The summed E-state index contributed by atoms with van der Waals surface area (Å²) >= 11 is 11.7. The zero-order chi connectivity index (χ0) is 21.4. The predicted octanol–water partition coefficient (Wildman–Crippen LogP) is 6.31. The summed E-state index contributed by atoms with van der Waals surface area (Å²) in [5, 5.41) is 4.55. The first-order valence-electron chi connectivity index (χ1n) is 9.72. The third-order valence-electron chi connectivity index (χ3n) is 5.25. The van der Waals surface area contributed by atoms with Crippen molar-refractivity contribution in [2.75, 3.05) is 4.90 Å². The smallest absolute Gasteiger partial charge is 0.174 e. The van der Waals surface area contributed by atoms with E-state index >= 15 is 0 Å². The molecule has 2 atom stereocenters. The van der Waals surface area contributed by atoms with Crippen LogP contribution in [0.2, 0.25) is 5.02 Å². The van der Waals surface area contributed by atoms with Crippen LogP contribution in [0.25, 0.3) is 11.3 Å². The van der Waals surface area contributed by atoms with Crippen LogP contribution in [0.5, 0.6) is 0 Å². The third kappa shape index (κ3) is 3.80. The van der Waals surface area contributed by atoms with Crippen LogP contribution in [0.3, 0.4) is 0 Å². The quantitative estimate of drug-likeness (QED) is 0.370. The van der Waals surface area contributed by atoms with Gasteiger partial charge in [-0.05, 0) is 85.0 Å². The molecule has 5 rings (SSSR count). The molecule has 31 heavy (non-hydrogen) atoms. The highest BCUT2D eigenvalue weighted by atomic mass is 35.5. The number of hydrogen-bond acceptors (Lipinski definition) is 3. The van der Waals surface area contributed by atoms with Gasteiger partial charge in [-0.25, -0.2) is 4.39 Å².